The molecule has 0 spiro atoms. The molecule has 13 heavy (non-hydrogen) atoms. The minimum atomic E-state index is -0.388. The molecule has 1 N–H and O–H groups in total. The largest absolute Gasteiger partial charge is 0.387 e. The number of hydrogen-bond donors (Lipinski definition) is 1. The summed E-state index contributed by atoms with van der Waals surface area (Å²) < 4.78 is 0. The second-order valence-corrected chi connectivity index (χ2v) is 3.21. The van der Waals surface area contributed by atoms with Gasteiger partial charge in [-0.25, -0.2) is 0 Å². The zero-order valence-corrected chi connectivity index (χ0v) is 8.33. The third-order valence-corrected chi connectivity index (χ3v) is 2.18. The summed E-state index contributed by atoms with van der Waals surface area (Å²) in [6, 6.07) is 3.95. The first kappa shape index (κ1) is 10.2. The number of nitrogens with zero attached hydrogens (tertiary/aromatic N) is 1. The van der Waals surface area contributed by atoms with Gasteiger partial charge in [0.1, 0.15) is 0 Å². The molecule has 1 aromatic rings. The normalized spacial score (nSPS) is 12.8. The van der Waals surface area contributed by atoms with E-state index in [-0.39, 0.29) is 6.10 Å². The molecular formula is C11H17NO. The Balaban J connectivity index is 2.85. The van der Waals surface area contributed by atoms with Gasteiger partial charge in [-0.3, -0.25) is 4.98 Å². The van der Waals surface area contributed by atoms with Crippen LogP contribution in [-0.4, -0.2) is 10.1 Å². The SMILES string of the molecule is CCC[C@@H](O)c1ncccc1CC. The van der Waals surface area contributed by atoms with Crippen molar-refractivity contribution in [2.24, 2.45) is 0 Å². The summed E-state index contributed by atoms with van der Waals surface area (Å²) in [6.45, 7) is 4.15. The Hall–Kier alpha value is -0.890. The zero-order valence-electron chi connectivity index (χ0n) is 8.33. The first-order valence-corrected chi connectivity index (χ1v) is 4.91. The van der Waals surface area contributed by atoms with Gasteiger partial charge >= 0.3 is 0 Å². The van der Waals surface area contributed by atoms with E-state index >= 15 is 0 Å². The van der Waals surface area contributed by atoms with Gasteiger partial charge in [-0.05, 0) is 24.5 Å². The molecule has 0 radical (unpaired) electrons. The van der Waals surface area contributed by atoms with Crippen molar-refractivity contribution >= 4 is 0 Å². The average Bonchev–Trinajstić information content (AvgIpc) is 2.18. The molecule has 0 aliphatic heterocycles. The van der Waals surface area contributed by atoms with Gasteiger partial charge in [0, 0.05) is 6.20 Å². The van der Waals surface area contributed by atoms with Crippen molar-refractivity contribution in [3.63, 3.8) is 0 Å². The molecule has 0 aliphatic rings. The van der Waals surface area contributed by atoms with Gasteiger partial charge < -0.3 is 5.11 Å². The molecule has 0 fully saturated rings. The van der Waals surface area contributed by atoms with Crippen molar-refractivity contribution < 1.29 is 5.11 Å². The standard InChI is InChI=1S/C11H17NO/c1-3-6-10(13)11-9(4-2)7-5-8-12-11/h5,7-8,10,13H,3-4,6H2,1-2H3/t10-/m1/s1. The molecule has 0 saturated carbocycles. The molecule has 0 aliphatic carbocycles. The van der Waals surface area contributed by atoms with E-state index in [1.807, 2.05) is 12.1 Å². The first-order chi connectivity index (χ1) is 6.29. The summed E-state index contributed by atoms with van der Waals surface area (Å²) in [5.41, 5.74) is 2.01. The van der Waals surface area contributed by atoms with Gasteiger partial charge in [-0.1, -0.05) is 26.3 Å². The molecule has 1 heterocycles. The third-order valence-electron chi connectivity index (χ3n) is 2.18. The lowest BCUT2D eigenvalue weighted by Gasteiger charge is -2.12. The van der Waals surface area contributed by atoms with Gasteiger partial charge in [0.2, 0.25) is 0 Å². The van der Waals surface area contributed by atoms with E-state index in [2.05, 4.69) is 18.8 Å². The van der Waals surface area contributed by atoms with Crippen LogP contribution < -0.4 is 0 Å². The quantitative estimate of drug-likeness (QED) is 0.770. The summed E-state index contributed by atoms with van der Waals surface area (Å²) >= 11 is 0. The molecule has 0 unspecified atom stereocenters. The Bertz CT molecular complexity index is 260. The maximum Gasteiger partial charge on any atom is 0.0962 e. The summed E-state index contributed by atoms with van der Waals surface area (Å²) in [7, 11) is 0. The molecule has 1 rings (SSSR count). The predicted octanol–water partition coefficient (Wildman–Crippen LogP) is 2.48. The molecule has 1 atom stereocenters. The van der Waals surface area contributed by atoms with Crippen LogP contribution in [0.2, 0.25) is 0 Å². The second kappa shape index (κ2) is 4.97. The highest BCUT2D eigenvalue weighted by Crippen LogP contribution is 2.19. The van der Waals surface area contributed by atoms with Gasteiger partial charge in [-0.15, -0.1) is 0 Å². The van der Waals surface area contributed by atoms with E-state index in [0.29, 0.717) is 0 Å². The lowest BCUT2D eigenvalue weighted by atomic mass is 10.0. The van der Waals surface area contributed by atoms with Crippen LogP contribution in [0.3, 0.4) is 0 Å². The fourth-order valence-electron chi connectivity index (χ4n) is 1.46. The van der Waals surface area contributed by atoms with Gasteiger partial charge in [0.25, 0.3) is 0 Å². The smallest absolute Gasteiger partial charge is 0.0962 e. The minimum absolute atomic E-state index is 0.388. The number of aliphatic hydroxyl groups is 1. The van der Waals surface area contributed by atoms with E-state index in [4.69, 9.17) is 0 Å². The Morgan fingerprint density at radius 3 is 2.85 bits per heavy atom. The number of pyridine rings is 1. The van der Waals surface area contributed by atoms with Crippen molar-refractivity contribution in [2.75, 3.05) is 0 Å². The molecule has 2 heteroatoms. The Morgan fingerprint density at radius 1 is 1.46 bits per heavy atom. The predicted molar refractivity (Wildman–Crippen MR) is 53.5 cm³/mol. The second-order valence-electron chi connectivity index (χ2n) is 3.21. The molecule has 2 nitrogen and oxygen atoms in total. The maximum atomic E-state index is 9.77. The molecule has 0 bridgehead atoms. The van der Waals surface area contributed by atoms with Crippen LogP contribution in [-0.2, 0) is 6.42 Å². The Kier molecular flexibility index (Phi) is 3.90. The lowest BCUT2D eigenvalue weighted by Crippen LogP contribution is -2.03. The maximum absolute atomic E-state index is 9.77. The van der Waals surface area contributed by atoms with E-state index in [9.17, 15) is 5.11 Å². The summed E-state index contributed by atoms with van der Waals surface area (Å²) in [6.07, 6.45) is 4.07. The molecule has 0 aromatic carbocycles. The van der Waals surface area contributed by atoms with Crippen LogP contribution in [0.5, 0.6) is 0 Å². The van der Waals surface area contributed by atoms with Gasteiger partial charge in [0.05, 0.1) is 11.8 Å². The number of aliphatic hydroxyl groups excluding tert-OH is 1. The first-order valence-electron chi connectivity index (χ1n) is 4.91. The number of hydrogen-bond acceptors (Lipinski definition) is 2. The van der Waals surface area contributed by atoms with Crippen molar-refractivity contribution in [1.82, 2.24) is 4.98 Å². The number of aryl methyl sites for hydroxylation is 1. The van der Waals surface area contributed by atoms with Crippen LogP contribution in [0.15, 0.2) is 18.3 Å². The van der Waals surface area contributed by atoms with Crippen molar-refractivity contribution in [1.29, 1.82) is 0 Å². The fraction of sp³-hybridized carbons (Fsp3) is 0.545. The topological polar surface area (TPSA) is 33.1 Å². The van der Waals surface area contributed by atoms with E-state index < -0.39 is 0 Å². The summed E-state index contributed by atoms with van der Waals surface area (Å²) in [5, 5.41) is 9.77. The minimum Gasteiger partial charge on any atom is -0.387 e. The molecule has 0 saturated heterocycles. The molecule has 72 valence electrons. The Morgan fingerprint density at radius 2 is 2.23 bits per heavy atom. The van der Waals surface area contributed by atoms with Crippen molar-refractivity contribution in [2.45, 2.75) is 39.2 Å². The highest BCUT2D eigenvalue weighted by Gasteiger charge is 2.10. The van der Waals surface area contributed by atoms with E-state index in [1.165, 1.54) is 0 Å². The zero-order chi connectivity index (χ0) is 9.68. The summed E-state index contributed by atoms with van der Waals surface area (Å²) in [5.74, 6) is 0. The monoisotopic (exact) mass is 179 g/mol. The third kappa shape index (κ3) is 2.52. The van der Waals surface area contributed by atoms with E-state index in [0.717, 1.165) is 30.5 Å². The Labute approximate surface area is 79.6 Å². The molecular weight excluding hydrogens is 162 g/mol. The van der Waals surface area contributed by atoms with Gasteiger partial charge in [0.15, 0.2) is 0 Å². The highest BCUT2D eigenvalue weighted by atomic mass is 16.3. The number of rotatable bonds is 4. The molecule has 0 amide bonds. The van der Waals surface area contributed by atoms with Crippen LogP contribution in [0.25, 0.3) is 0 Å². The molecule has 1 aromatic heterocycles. The van der Waals surface area contributed by atoms with Crippen LogP contribution in [0.4, 0.5) is 0 Å². The van der Waals surface area contributed by atoms with E-state index in [1.54, 1.807) is 6.20 Å². The summed E-state index contributed by atoms with van der Waals surface area (Å²) in [4.78, 5) is 4.22. The fourth-order valence-corrected chi connectivity index (χ4v) is 1.46. The van der Waals surface area contributed by atoms with Crippen LogP contribution in [0.1, 0.15) is 44.1 Å². The number of aromatic nitrogens is 1. The van der Waals surface area contributed by atoms with Crippen molar-refractivity contribution in [3.8, 4) is 0 Å². The van der Waals surface area contributed by atoms with Crippen LogP contribution in [0, 0.1) is 0 Å². The average molecular weight is 179 g/mol. The van der Waals surface area contributed by atoms with Gasteiger partial charge in [-0.2, -0.15) is 0 Å². The van der Waals surface area contributed by atoms with Crippen LogP contribution >= 0.6 is 0 Å². The van der Waals surface area contributed by atoms with Crippen molar-refractivity contribution in [3.05, 3.63) is 29.6 Å². The lowest BCUT2D eigenvalue weighted by molar-refractivity contribution is 0.160. The highest BCUT2D eigenvalue weighted by molar-refractivity contribution is 5.21.